The highest BCUT2D eigenvalue weighted by Crippen LogP contribution is 2.36. The molecule has 1 saturated carbocycles. The number of aliphatic hydroxyl groups is 2. The number of hydrogen-bond donors (Lipinski definition) is 3. The largest absolute Gasteiger partial charge is 0.417 e. The van der Waals surface area contributed by atoms with E-state index in [2.05, 4.69) is 28.0 Å². The first-order valence-electron chi connectivity index (χ1n) is 11.8. The molecule has 3 rings (SSSR count). The summed E-state index contributed by atoms with van der Waals surface area (Å²) in [6.07, 6.45) is -0.134. The van der Waals surface area contributed by atoms with Crippen molar-refractivity contribution in [1.82, 2.24) is 14.9 Å². The zero-order chi connectivity index (χ0) is 26.9. The predicted molar refractivity (Wildman–Crippen MR) is 137 cm³/mol. The Kier molecular flexibility index (Phi) is 19.0. The Hall–Kier alpha value is -1.61. The van der Waals surface area contributed by atoms with E-state index >= 15 is 0 Å². The number of hydrogen-bond acceptors (Lipinski definition) is 4. The minimum atomic E-state index is -4.46. The van der Waals surface area contributed by atoms with E-state index in [1.165, 1.54) is 6.07 Å². The summed E-state index contributed by atoms with van der Waals surface area (Å²) in [5.74, 6) is 0.694. The van der Waals surface area contributed by atoms with E-state index in [9.17, 15) is 13.2 Å². The van der Waals surface area contributed by atoms with Crippen molar-refractivity contribution in [1.29, 1.82) is 0 Å². The number of nitrogens with zero attached hydrogens (tertiary/aromatic N) is 2. The third-order valence-electron chi connectivity index (χ3n) is 4.64. The first kappa shape index (κ1) is 34.6. The van der Waals surface area contributed by atoms with E-state index in [1.807, 2.05) is 41.8 Å². The maximum atomic E-state index is 12.8. The molecule has 2 atom stereocenters. The zero-order valence-corrected chi connectivity index (χ0v) is 22.2. The molecule has 5 nitrogen and oxygen atoms in total. The van der Waals surface area contributed by atoms with Crippen molar-refractivity contribution in [3.8, 4) is 0 Å². The van der Waals surface area contributed by atoms with Gasteiger partial charge in [-0.15, -0.1) is 13.2 Å². The summed E-state index contributed by atoms with van der Waals surface area (Å²) >= 11 is 5.68. The van der Waals surface area contributed by atoms with Crippen molar-refractivity contribution in [2.45, 2.75) is 84.6 Å². The molecule has 1 heterocycles. The van der Waals surface area contributed by atoms with Crippen molar-refractivity contribution >= 4 is 22.6 Å². The molecular formula is C25H43ClF3N3O2. The molecule has 1 aromatic heterocycles. The van der Waals surface area contributed by atoms with Crippen LogP contribution in [-0.4, -0.2) is 57.9 Å². The van der Waals surface area contributed by atoms with Crippen LogP contribution >= 0.6 is 11.6 Å². The highest BCUT2D eigenvalue weighted by atomic mass is 35.5. The van der Waals surface area contributed by atoms with Gasteiger partial charge in [0.1, 0.15) is 5.82 Å². The fourth-order valence-electron chi connectivity index (χ4n) is 3.06. The molecule has 0 radical (unpaired) electrons. The van der Waals surface area contributed by atoms with Crippen molar-refractivity contribution in [3.05, 3.63) is 41.7 Å². The second-order valence-electron chi connectivity index (χ2n) is 7.36. The summed E-state index contributed by atoms with van der Waals surface area (Å²) < 4.78 is 38.4. The van der Waals surface area contributed by atoms with Crippen LogP contribution in [0.15, 0.2) is 25.3 Å². The van der Waals surface area contributed by atoms with Gasteiger partial charge in [0.25, 0.3) is 0 Å². The minimum absolute atomic E-state index is 0.319. The van der Waals surface area contributed by atoms with E-state index in [0.29, 0.717) is 23.3 Å². The van der Waals surface area contributed by atoms with Crippen LogP contribution < -0.4 is 0 Å². The van der Waals surface area contributed by atoms with Gasteiger partial charge in [-0.3, -0.25) is 0 Å². The number of imidazole rings is 1. The molecule has 0 amide bonds. The molecular weight excluding hydrogens is 467 g/mol. The van der Waals surface area contributed by atoms with E-state index in [4.69, 9.17) is 21.8 Å². The van der Waals surface area contributed by atoms with E-state index < -0.39 is 23.9 Å². The van der Waals surface area contributed by atoms with Crippen molar-refractivity contribution < 1.29 is 23.4 Å². The summed E-state index contributed by atoms with van der Waals surface area (Å²) in [5, 5.41) is 17.2. The third-order valence-corrected chi connectivity index (χ3v) is 4.95. The van der Waals surface area contributed by atoms with Crippen LogP contribution in [0.4, 0.5) is 13.2 Å². The fraction of sp³-hybridized carbons (Fsp3) is 0.640. The third kappa shape index (κ3) is 12.7. The number of fused-ring (bicyclic) bond motifs is 1. The number of aryl methyl sites for hydroxylation is 1. The lowest BCUT2D eigenvalue weighted by atomic mass is 10.2. The average Bonchev–Trinajstić information content (AvgIpc) is 3.39. The number of unbranched alkanes of at least 4 members (excludes halogenated alkanes) is 1. The lowest BCUT2D eigenvalue weighted by Gasteiger charge is -2.08. The maximum absolute atomic E-state index is 12.8. The molecule has 0 bridgehead atoms. The monoisotopic (exact) mass is 509 g/mol. The van der Waals surface area contributed by atoms with E-state index in [0.717, 1.165) is 44.7 Å². The highest BCUT2D eigenvalue weighted by Gasteiger charge is 2.33. The maximum Gasteiger partial charge on any atom is 0.417 e. The zero-order valence-electron chi connectivity index (χ0n) is 21.5. The minimum Gasteiger partial charge on any atom is -0.390 e. The second-order valence-corrected chi connectivity index (χ2v) is 7.76. The molecule has 0 spiro atoms. The Morgan fingerprint density at radius 2 is 1.59 bits per heavy atom. The predicted octanol–water partition coefficient (Wildman–Crippen LogP) is 6.87. The van der Waals surface area contributed by atoms with Gasteiger partial charge in [0.15, 0.2) is 0 Å². The standard InChI is InChI=1S/C14H17ClF3N3.C5H10O2.2C2H6.C2H4/c1-21(2)6-4-3-5-13-19-11-7-9(14(16,17)18)10(15)8-12(11)20-13;6-4-2-1-3-5(4)7;3*1-2/h7-8H,3-6H2,1-2H3,(H,19,20);4-7H,1-3H2;2*1-2H3;1-2H2/t;4-,5+;;;. The number of aromatic nitrogens is 2. The number of H-pyrrole nitrogens is 1. The van der Waals surface area contributed by atoms with Gasteiger partial charge in [-0.25, -0.2) is 4.98 Å². The van der Waals surface area contributed by atoms with Crippen LogP contribution in [0.5, 0.6) is 0 Å². The Labute approximate surface area is 208 Å². The smallest absolute Gasteiger partial charge is 0.390 e. The summed E-state index contributed by atoms with van der Waals surface area (Å²) in [4.78, 5) is 9.32. The van der Waals surface area contributed by atoms with Gasteiger partial charge in [0, 0.05) is 6.42 Å². The number of rotatable bonds is 5. The summed E-state index contributed by atoms with van der Waals surface area (Å²) in [7, 11) is 4.00. The van der Waals surface area contributed by atoms with Crippen LogP contribution in [0.2, 0.25) is 5.02 Å². The van der Waals surface area contributed by atoms with Gasteiger partial charge in [-0.2, -0.15) is 13.2 Å². The first-order chi connectivity index (χ1) is 16.1. The SMILES string of the molecule is C=C.CC.CC.CN(C)CCCCc1nc2cc(Cl)c(C(F)(F)F)cc2[nH]1.O[C@@H]1CCC[C@@H]1O. The molecule has 0 saturated heterocycles. The second kappa shape index (κ2) is 18.7. The topological polar surface area (TPSA) is 72.4 Å². The van der Waals surface area contributed by atoms with Crippen LogP contribution in [0.1, 0.15) is 71.2 Å². The van der Waals surface area contributed by atoms with Gasteiger partial charge in [-0.1, -0.05) is 39.3 Å². The summed E-state index contributed by atoms with van der Waals surface area (Å²) in [5.41, 5.74) is 0.00409. The number of benzene rings is 1. The Morgan fingerprint density at radius 1 is 1.06 bits per heavy atom. The molecule has 1 fully saturated rings. The number of nitrogens with one attached hydrogen (secondary N) is 1. The number of aliphatic hydroxyl groups excluding tert-OH is 2. The quantitative estimate of drug-likeness (QED) is 0.304. The van der Waals surface area contributed by atoms with Crippen LogP contribution in [0, 0.1) is 0 Å². The molecule has 9 heteroatoms. The van der Waals surface area contributed by atoms with E-state index in [-0.39, 0.29) is 5.02 Å². The Bertz CT molecular complexity index is 775. The van der Waals surface area contributed by atoms with Gasteiger partial charge in [0.2, 0.25) is 0 Å². The van der Waals surface area contributed by atoms with Crippen molar-refractivity contribution in [3.63, 3.8) is 0 Å². The van der Waals surface area contributed by atoms with Gasteiger partial charge >= 0.3 is 6.18 Å². The molecule has 1 aromatic carbocycles. The van der Waals surface area contributed by atoms with E-state index in [1.54, 1.807) is 0 Å². The lowest BCUT2D eigenvalue weighted by Crippen LogP contribution is -2.17. The van der Waals surface area contributed by atoms with Crippen LogP contribution in [0.3, 0.4) is 0 Å². The van der Waals surface area contributed by atoms with Gasteiger partial charge in [-0.05, 0) is 64.9 Å². The average molecular weight is 510 g/mol. The molecule has 0 unspecified atom stereocenters. The number of alkyl halides is 3. The van der Waals surface area contributed by atoms with Gasteiger partial charge in [0.05, 0.1) is 33.8 Å². The Balaban J connectivity index is 0. The summed E-state index contributed by atoms with van der Waals surface area (Å²) in [6, 6.07) is 2.29. The van der Waals surface area contributed by atoms with Crippen molar-refractivity contribution in [2.24, 2.45) is 0 Å². The molecule has 198 valence electrons. The Morgan fingerprint density at radius 3 is 2.00 bits per heavy atom. The lowest BCUT2D eigenvalue weighted by molar-refractivity contribution is -0.137. The normalized spacial score (nSPS) is 16.9. The van der Waals surface area contributed by atoms with Crippen molar-refractivity contribution in [2.75, 3.05) is 20.6 Å². The molecule has 1 aliphatic rings. The first-order valence-corrected chi connectivity index (χ1v) is 12.2. The summed E-state index contributed by atoms with van der Waals surface area (Å²) in [6.45, 7) is 15.0. The van der Waals surface area contributed by atoms with Gasteiger partial charge < -0.3 is 20.1 Å². The molecule has 3 N–H and O–H groups in total. The van der Waals surface area contributed by atoms with Crippen LogP contribution in [-0.2, 0) is 12.6 Å². The molecule has 0 aliphatic heterocycles. The number of aromatic amines is 1. The molecule has 34 heavy (non-hydrogen) atoms. The molecule has 1 aliphatic carbocycles. The highest BCUT2D eigenvalue weighted by molar-refractivity contribution is 6.32. The number of halogens is 4. The fourth-order valence-corrected chi connectivity index (χ4v) is 3.33. The molecule has 2 aromatic rings. The van der Waals surface area contributed by atoms with Crippen LogP contribution in [0.25, 0.3) is 11.0 Å².